The Morgan fingerprint density at radius 3 is 2.50 bits per heavy atom. The number of rotatable bonds is 5. The molecule has 0 aromatic carbocycles. The molecule has 1 amide bonds. The van der Waals surface area contributed by atoms with E-state index in [4.69, 9.17) is 5.11 Å². The first-order chi connectivity index (χ1) is 6.40. The van der Waals surface area contributed by atoms with Crippen molar-refractivity contribution in [2.75, 3.05) is 12.8 Å². The van der Waals surface area contributed by atoms with Gasteiger partial charge in [-0.1, -0.05) is 0 Å². The summed E-state index contributed by atoms with van der Waals surface area (Å²) >= 11 is 1.41. The third-order valence-corrected chi connectivity index (χ3v) is 2.05. The molecule has 0 aliphatic carbocycles. The Bertz CT molecular complexity index is 248. The summed E-state index contributed by atoms with van der Waals surface area (Å²) in [5.41, 5.74) is -0.928. The molecule has 0 rings (SSSR count). The molecule has 0 aromatic heterocycles. The van der Waals surface area contributed by atoms with Crippen molar-refractivity contribution in [3.05, 3.63) is 11.5 Å². The number of aliphatic carboxylic acids is 1. The number of thioether (sulfide) groups is 1. The van der Waals surface area contributed by atoms with Crippen LogP contribution in [-0.4, -0.2) is 29.8 Å². The van der Waals surface area contributed by atoms with Crippen molar-refractivity contribution in [2.24, 2.45) is 5.41 Å². The van der Waals surface area contributed by atoms with Crippen LogP contribution in [-0.2, 0) is 9.59 Å². The van der Waals surface area contributed by atoms with Crippen molar-refractivity contribution in [3.63, 3.8) is 0 Å². The predicted octanol–water partition coefficient (Wildman–Crippen LogP) is 1.09. The highest BCUT2D eigenvalue weighted by Crippen LogP contribution is 2.12. The third-order valence-electron chi connectivity index (χ3n) is 1.64. The van der Waals surface area contributed by atoms with Gasteiger partial charge in [0.15, 0.2) is 0 Å². The lowest BCUT2D eigenvalue weighted by molar-refractivity contribution is -0.146. The van der Waals surface area contributed by atoms with Crippen molar-refractivity contribution in [3.8, 4) is 0 Å². The lowest BCUT2D eigenvalue weighted by Crippen LogP contribution is -2.38. The molecule has 0 spiro atoms. The minimum absolute atomic E-state index is 0.125. The summed E-state index contributed by atoms with van der Waals surface area (Å²) in [5, 5.41) is 12.9. The molecule has 0 saturated carbocycles. The molecule has 80 valence electrons. The van der Waals surface area contributed by atoms with E-state index in [0.717, 1.165) is 0 Å². The number of nitrogens with one attached hydrogen (secondary N) is 1. The zero-order chi connectivity index (χ0) is 11.2. The van der Waals surface area contributed by atoms with Crippen molar-refractivity contribution in [1.82, 2.24) is 5.32 Å². The fourth-order valence-electron chi connectivity index (χ4n) is 0.572. The van der Waals surface area contributed by atoms with Gasteiger partial charge in [-0.15, -0.1) is 11.8 Å². The molecule has 2 N–H and O–H groups in total. The van der Waals surface area contributed by atoms with Crippen LogP contribution in [0.3, 0.4) is 0 Å². The van der Waals surface area contributed by atoms with E-state index in [1.165, 1.54) is 17.8 Å². The van der Waals surface area contributed by atoms with Gasteiger partial charge in [-0.05, 0) is 25.5 Å². The van der Waals surface area contributed by atoms with E-state index >= 15 is 0 Å². The monoisotopic (exact) mass is 217 g/mol. The van der Waals surface area contributed by atoms with E-state index in [1.54, 1.807) is 19.3 Å². The smallest absolute Gasteiger partial charge is 0.310 e. The second-order valence-corrected chi connectivity index (χ2v) is 4.19. The Kier molecular flexibility index (Phi) is 5.30. The normalized spacial score (nSPS) is 11.6. The summed E-state index contributed by atoms with van der Waals surface area (Å²) in [5.74, 6) is -1.19. The number of carboxylic acid groups (broad SMARTS) is 1. The molecule has 0 atom stereocenters. The summed E-state index contributed by atoms with van der Waals surface area (Å²) in [7, 11) is 0. The van der Waals surface area contributed by atoms with E-state index in [0.29, 0.717) is 0 Å². The van der Waals surface area contributed by atoms with E-state index < -0.39 is 11.4 Å². The minimum Gasteiger partial charge on any atom is -0.481 e. The Morgan fingerprint density at radius 2 is 2.07 bits per heavy atom. The van der Waals surface area contributed by atoms with E-state index in [9.17, 15) is 9.59 Å². The first kappa shape index (κ1) is 13.0. The van der Waals surface area contributed by atoms with Gasteiger partial charge >= 0.3 is 5.97 Å². The maximum absolute atomic E-state index is 11.1. The van der Waals surface area contributed by atoms with Gasteiger partial charge in [0.2, 0.25) is 5.91 Å². The Labute approximate surface area is 87.8 Å². The number of amides is 1. The highest BCUT2D eigenvalue weighted by molar-refractivity contribution is 8.01. The number of carbonyl (C=O) groups excluding carboxylic acids is 1. The highest BCUT2D eigenvalue weighted by Gasteiger charge is 2.27. The molecular weight excluding hydrogens is 202 g/mol. The molecular formula is C9H15NO3S. The molecule has 0 aliphatic rings. The third kappa shape index (κ3) is 4.91. The van der Waals surface area contributed by atoms with Gasteiger partial charge < -0.3 is 10.4 Å². The zero-order valence-corrected chi connectivity index (χ0v) is 9.35. The Morgan fingerprint density at radius 1 is 1.50 bits per heavy atom. The maximum atomic E-state index is 11.1. The average molecular weight is 217 g/mol. The van der Waals surface area contributed by atoms with Gasteiger partial charge in [0.25, 0.3) is 0 Å². The number of hydrogen-bond donors (Lipinski definition) is 2. The van der Waals surface area contributed by atoms with Crippen molar-refractivity contribution in [1.29, 1.82) is 0 Å². The first-order valence-electron chi connectivity index (χ1n) is 4.10. The highest BCUT2D eigenvalue weighted by atomic mass is 32.2. The molecule has 0 saturated heterocycles. The summed E-state index contributed by atoms with van der Waals surface area (Å²) in [6.45, 7) is 3.25. The molecule has 0 radical (unpaired) electrons. The van der Waals surface area contributed by atoms with Gasteiger partial charge in [0, 0.05) is 12.6 Å². The van der Waals surface area contributed by atoms with Crippen LogP contribution >= 0.6 is 11.8 Å². The van der Waals surface area contributed by atoms with Crippen LogP contribution in [0.25, 0.3) is 0 Å². The molecule has 0 unspecified atom stereocenters. The van der Waals surface area contributed by atoms with Crippen LogP contribution in [0.1, 0.15) is 13.8 Å². The fraction of sp³-hybridized carbons (Fsp3) is 0.556. The quantitative estimate of drug-likeness (QED) is 0.676. The predicted molar refractivity (Wildman–Crippen MR) is 57.1 cm³/mol. The molecule has 0 bridgehead atoms. The lowest BCUT2D eigenvalue weighted by Gasteiger charge is -2.18. The second kappa shape index (κ2) is 5.70. The van der Waals surface area contributed by atoms with Gasteiger partial charge in [-0.2, -0.15) is 0 Å². The van der Waals surface area contributed by atoms with Crippen molar-refractivity contribution in [2.45, 2.75) is 13.8 Å². The molecule has 0 aliphatic heterocycles. The van der Waals surface area contributed by atoms with Gasteiger partial charge in [-0.3, -0.25) is 9.59 Å². The van der Waals surface area contributed by atoms with Gasteiger partial charge in [0.05, 0.1) is 5.41 Å². The van der Waals surface area contributed by atoms with Crippen molar-refractivity contribution >= 4 is 23.6 Å². The van der Waals surface area contributed by atoms with E-state index in [-0.39, 0.29) is 12.5 Å². The summed E-state index contributed by atoms with van der Waals surface area (Å²) < 4.78 is 0. The minimum atomic E-state index is -0.928. The fourth-order valence-corrected chi connectivity index (χ4v) is 0.832. The molecule has 0 fully saturated rings. The van der Waals surface area contributed by atoms with Crippen molar-refractivity contribution < 1.29 is 14.7 Å². The standard InChI is InChI=1S/C9H15NO3S/c1-9(2,8(12)13)6-10-7(11)4-5-14-3/h4-5H,6H2,1-3H3,(H,10,11)(H,12,13)/b5-4+. The molecule has 0 heterocycles. The van der Waals surface area contributed by atoms with Crippen LogP contribution < -0.4 is 5.32 Å². The molecule has 5 heteroatoms. The maximum Gasteiger partial charge on any atom is 0.310 e. The number of carboxylic acids is 1. The van der Waals surface area contributed by atoms with Crippen LogP contribution in [0.5, 0.6) is 0 Å². The average Bonchev–Trinajstić information content (AvgIpc) is 2.11. The van der Waals surface area contributed by atoms with Gasteiger partial charge in [-0.25, -0.2) is 0 Å². The number of hydrogen-bond acceptors (Lipinski definition) is 3. The van der Waals surface area contributed by atoms with Crippen LogP contribution in [0.15, 0.2) is 11.5 Å². The summed E-state index contributed by atoms with van der Waals surface area (Å²) in [4.78, 5) is 21.7. The lowest BCUT2D eigenvalue weighted by atomic mass is 9.94. The van der Waals surface area contributed by atoms with E-state index in [2.05, 4.69) is 5.32 Å². The topological polar surface area (TPSA) is 66.4 Å². The SMILES string of the molecule is CS/C=C/C(=O)NCC(C)(C)C(=O)O. The van der Waals surface area contributed by atoms with Crippen LogP contribution in [0.2, 0.25) is 0 Å². The summed E-state index contributed by atoms with van der Waals surface area (Å²) in [6.07, 6.45) is 3.22. The summed E-state index contributed by atoms with van der Waals surface area (Å²) in [6, 6.07) is 0. The Hall–Kier alpha value is -0.970. The second-order valence-electron chi connectivity index (χ2n) is 3.45. The molecule has 4 nitrogen and oxygen atoms in total. The molecule has 14 heavy (non-hydrogen) atoms. The first-order valence-corrected chi connectivity index (χ1v) is 5.39. The Balaban J connectivity index is 4.00. The van der Waals surface area contributed by atoms with E-state index in [1.807, 2.05) is 6.26 Å². The van der Waals surface area contributed by atoms with Crippen LogP contribution in [0.4, 0.5) is 0 Å². The molecule has 0 aromatic rings. The van der Waals surface area contributed by atoms with Crippen LogP contribution in [0, 0.1) is 5.41 Å². The zero-order valence-electron chi connectivity index (χ0n) is 8.53. The van der Waals surface area contributed by atoms with Gasteiger partial charge in [0.1, 0.15) is 0 Å². The largest absolute Gasteiger partial charge is 0.481 e. The number of carbonyl (C=O) groups is 2.